The zero-order valence-electron chi connectivity index (χ0n) is 15.4. The Balaban J connectivity index is 1.32. The largest absolute Gasteiger partial charge is 0.337 e. The second-order valence-electron chi connectivity index (χ2n) is 7.07. The van der Waals surface area contributed by atoms with Crippen LogP contribution in [0, 0.1) is 0 Å². The van der Waals surface area contributed by atoms with Crippen molar-refractivity contribution < 1.29 is 13.2 Å². The molecule has 0 aliphatic carbocycles. The van der Waals surface area contributed by atoms with Gasteiger partial charge in [-0.25, -0.2) is 8.42 Å². The van der Waals surface area contributed by atoms with Gasteiger partial charge in [0.2, 0.25) is 5.91 Å². The molecule has 1 saturated heterocycles. The number of hydrogen-bond donors (Lipinski definition) is 0. The number of fused-ring (bicyclic) bond motifs is 1. The minimum Gasteiger partial charge on any atom is -0.337 e. The van der Waals surface area contributed by atoms with Gasteiger partial charge >= 0.3 is 0 Å². The van der Waals surface area contributed by atoms with E-state index in [0.29, 0.717) is 43.5 Å². The third-order valence-electron chi connectivity index (χ3n) is 5.32. The van der Waals surface area contributed by atoms with Crippen LogP contribution in [0.3, 0.4) is 0 Å². The van der Waals surface area contributed by atoms with Crippen LogP contribution < -0.4 is 0 Å². The number of thiophene rings is 1. The zero-order chi connectivity index (χ0) is 19.7. The number of piperazine rings is 1. The summed E-state index contributed by atoms with van der Waals surface area (Å²) >= 11 is 4.54. The fraction of sp³-hybridized carbons (Fsp3) is 0.421. The summed E-state index contributed by atoms with van der Waals surface area (Å²) in [6, 6.07) is 11.7. The molecule has 0 bridgehead atoms. The van der Waals surface area contributed by atoms with Crippen molar-refractivity contribution in [1.29, 1.82) is 0 Å². The van der Waals surface area contributed by atoms with Gasteiger partial charge in [0.25, 0.3) is 10.0 Å². The first-order valence-electron chi connectivity index (χ1n) is 9.26. The second kappa shape index (κ2) is 8.23. The van der Waals surface area contributed by atoms with Gasteiger partial charge in [0.05, 0.1) is 10.3 Å². The van der Waals surface area contributed by atoms with Crippen LogP contribution in [0.4, 0.5) is 0 Å². The second-order valence-corrected chi connectivity index (χ2v) is 11.7. The Morgan fingerprint density at radius 2 is 1.71 bits per heavy atom. The molecule has 28 heavy (non-hydrogen) atoms. The molecule has 0 spiro atoms. The number of rotatable bonds is 4. The molecule has 1 fully saturated rings. The first kappa shape index (κ1) is 20.0. The molecule has 0 unspecified atom stereocenters. The van der Waals surface area contributed by atoms with E-state index in [4.69, 9.17) is 0 Å². The van der Waals surface area contributed by atoms with E-state index in [-0.39, 0.29) is 5.91 Å². The van der Waals surface area contributed by atoms with Crippen LogP contribution >= 0.6 is 27.3 Å². The highest BCUT2D eigenvalue weighted by molar-refractivity contribution is 9.11. The Morgan fingerprint density at radius 3 is 2.39 bits per heavy atom. The van der Waals surface area contributed by atoms with Crippen LogP contribution in [0.5, 0.6) is 0 Å². The van der Waals surface area contributed by atoms with Crippen molar-refractivity contribution in [3.8, 4) is 0 Å². The van der Waals surface area contributed by atoms with Crippen molar-refractivity contribution in [1.82, 2.24) is 14.1 Å². The van der Waals surface area contributed by atoms with Crippen molar-refractivity contribution in [2.75, 3.05) is 39.3 Å². The molecule has 9 heteroatoms. The lowest BCUT2D eigenvalue weighted by atomic mass is 10.00. The lowest BCUT2D eigenvalue weighted by Crippen LogP contribution is -2.51. The summed E-state index contributed by atoms with van der Waals surface area (Å²) in [7, 11) is -3.45. The number of carbonyl (C=O) groups excluding carboxylic acids is 1. The van der Waals surface area contributed by atoms with E-state index in [2.05, 4.69) is 33.0 Å². The molecule has 3 heterocycles. The molecule has 0 radical (unpaired) electrons. The summed E-state index contributed by atoms with van der Waals surface area (Å²) in [5, 5.41) is 0. The predicted octanol–water partition coefficient (Wildman–Crippen LogP) is 2.40. The monoisotopic (exact) mass is 483 g/mol. The quantitative estimate of drug-likeness (QED) is 0.669. The van der Waals surface area contributed by atoms with Crippen LogP contribution in [0.15, 0.2) is 44.4 Å². The van der Waals surface area contributed by atoms with Crippen LogP contribution in [0.1, 0.15) is 11.1 Å². The lowest BCUT2D eigenvalue weighted by Gasteiger charge is -2.35. The molecule has 0 atom stereocenters. The minimum absolute atomic E-state index is 0.119. The molecule has 0 saturated carbocycles. The first-order valence-corrected chi connectivity index (χ1v) is 12.3. The summed E-state index contributed by atoms with van der Waals surface area (Å²) in [6.45, 7) is 3.72. The molecule has 1 aromatic heterocycles. The van der Waals surface area contributed by atoms with E-state index in [1.807, 2.05) is 17.0 Å². The van der Waals surface area contributed by atoms with Crippen molar-refractivity contribution in [3.05, 3.63) is 51.3 Å². The van der Waals surface area contributed by atoms with Gasteiger partial charge in [0.15, 0.2) is 0 Å². The number of amides is 1. The molecule has 4 rings (SSSR count). The average molecular weight is 484 g/mol. The molecule has 2 aliphatic heterocycles. The molecular weight excluding hydrogens is 462 g/mol. The van der Waals surface area contributed by atoms with Gasteiger partial charge in [0.1, 0.15) is 4.21 Å². The number of nitrogens with zero attached hydrogens (tertiary/aromatic N) is 3. The maximum Gasteiger partial charge on any atom is 0.252 e. The first-order chi connectivity index (χ1) is 13.4. The minimum atomic E-state index is -3.45. The molecule has 1 amide bonds. The topological polar surface area (TPSA) is 60.9 Å². The Kier molecular flexibility index (Phi) is 5.89. The zero-order valence-corrected chi connectivity index (χ0v) is 18.6. The van der Waals surface area contributed by atoms with Crippen LogP contribution in [0.25, 0.3) is 0 Å². The van der Waals surface area contributed by atoms with Crippen molar-refractivity contribution in [2.24, 2.45) is 0 Å². The molecule has 2 aromatic rings. The van der Waals surface area contributed by atoms with E-state index >= 15 is 0 Å². The van der Waals surface area contributed by atoms with Gasteiger partial charge in [-0.3, -0.25) is 9.69 Å². The highest BCUT2D eigenvalue weighted by atomic mass is 79.9. The van der Waals surface area contributed by atoms with Crippen LogP contribution in [-0.2, 0) is 27.8 Å². The number of carbonyl (C=O) groups is 1. The van der Waals surface area contributed by atoms with Crippen molar-refractivity contribution in [3.63, 3.8) is 0 Å². The summed E-state index contributed by atoms with van der Waals surface area (Å²) in [4.78, 5) is 16.7. The Labute approximate surface area is 177 Å². The highest BCUT2D eigenvalue weighted by Crippen LogP contribution is 2.29. The lowest BCUT2D eigenvalue weighted by molar-refractivity contribution is -0.133. The third kappa shape index (κ3) is 4.18. The molecule has 1 aromatic carbocycles. The van der Waals surface area contributed by atoms with Crippen molar-refractivity contribution in [2.45, 2.75) is 17.2 Å². The summed E-state index contributed by atoms with van der Waals surface area (Å²) in [6.07, 6.45) is 0.893. The maximum absolute atomic E-state index is 12.7. The van der Waals surface area contributed by atoms with Crippen molar-refractivity contribution >= 4 is 43.2 Å². The molecule has 2 aliphatic rings. The van der Waals surface area contributed by atoms with E-state index < -0.39 is 10.0 Å². The number of hydrogen-bond acceptors (Lipinski definition) is 5. The third-order valence-corrected chi connectivity index (χ3v) is 9.31. The van der Waals surface area contributed by atoms with Gasteiger partial charge in [-0.2, -0.15) is 4.31 Å². The normalized spacial score (nSPS) is 18.8. The summed E-state index contributed by atoms with van der Waals surface area (Å²) in [5.74, 6) is 0.119. The smallest absolute Gasteiger partial charge is 0.252 e. The van der Waals surface area contributed by atoms with E-state index in [1.54, 1.807) is 12.1 Å². The molecule has 0 N–H and O–H groups in total. The number of benzene rings is 1. The highest BCUT2D eigenvalue weighted by Gasteiger charge is 2.31. The Bertz CT molecular complexity index is 968. The fourth-order valence-electron chi connectivity index (χ4n) is 3.69. The average Bonchev–Trinajstić information content (AvgIpc) is 3.15. The maximum atomic E-state index is 12.7. The number of halogens is 1. The Hall–Kier alpha value is -1.26. The van der Waals surface area contributed by atoms with E-state index in [1.165, 1.54) is 26.8 Å². The molecule has 6 nitrogen and oxygen atoms in total. The summed E-state index contributed by atoms with van der Waals surface area (Å²) in [5.41, 5.74) is 2.55. The Morgan fingerprint density at radius 1 is 1.00 bits per heavy atom. The number of sulfonamides is 1. The van der Waals surface area contributed by atoms with Gasteiger partial charge in [-0.1, -0.05) is 24.3 Å². The van der Waals surface area contributed by atoms with Crippen LogP contribution in [0.2, 0.25) is 0 Å². The molecular formula is C19H22BrN3O3S2. The predicted molar refractivity (Wildman–Crippen MR) is 113 cm³/mol. The van der Waals surface area contributed by atoms with Gasteiger partial charge < -0.3 is 4.90 Å². The fourth-order valence-corrected chi connectivity index (χ4v) is 7.28. The van der Waals surface area contributed by atoms with E-state index in [0.717, 1.165) is 16.8 Å². The van der Waals surface area contributed by atoms with Gasteiger partial charge in [-0.15, -0.1) is 11.3 Å². The molecule has 150 valence electrons. The van der Waals surface area contributed by atoms with Crippen LogP contribution in [-0.4, -0.2) is 67.7 Å². The van der Waals surface area contributed by atoms with Gasteiger partial charge in [-0.05, 0) is 45.6 Å². The standard InChI is InChI=1S/C19H22BrN3O3S2/c20-17-5-6-19(27-17)28(25,26)23-11-9-21(10-12-23)14-18(24)22-8-7-15-3-1-2-4-16(15)13-22/h1-6H,7-14H2. The summed E-state index contributed by atoms with van der Waals surface area (Å²) < 4.78 is 28.1. The van der Waals surface area contributed by atoms with Gasteiger partial charge in [0, 0.05) is 39.3 Å². The SMILES string of the molecule is O=C(CN1CCN(S(=O)(=O)c2ccc(Br)s2)CC1)N1CCc2ccccc2C1. The van der Waals surface area contributed by atoms with E-state index in [9.17, 15) is 13.2 Å².